The van der Waals surface area contributed by atoms with Gasteiger partial charge >= 0.3 is 0 Å². The second-order valence-electron chi connectivity index (χ2n) is 11.1. The van der Waals surface area contributed by atoms with E-state index in [9.17, 15) is 0 Å². The molecule has 2 aliphatic rings. The number of aromatic nitrogens is 3. The second-order valence-corrected chi connectivity index (χ2v) is 11.1. The van der Waals surface area contributed by atoms with E-state index in [2.05, 4.69) is 96.4 Å². The first-order chi connectivity index (χ1) is 18.0. The molecule has 190 valence electrons. The molecule has 1 saturated carbocycles. The lowest BCUT2D eigenvalue weighted by molar-refractivity contribution is 0.229. The van der Waals surface area contributed by atoms with Gasteiger partial charge in [0.05, 0.1) is 11.4 Å². The van der Waals surface area contributed by atoms with Crippen molar-refractivity contribution in [1.82, 2.24) is 24.8 Å². The van der Waals surface area contributed by atoms with Gasteiger partial charge in [-0.05, 0) is 50.0 Å². The minimum atomic E-state index is 0.355. The average molecular weight is 493 g/mol. The number of pyridine rings is 1. The van der Waals surface area contributed by atoms with E-state index < -0.39 is 0 Å². The molecule has 6 nitrogen and oxygen atoms in total. The molecule has 0 unspecified atom stereocenters. The van der Waals surface area contributed by atoms with Gasteiger partial charge in [0.15, 0.2) is 5.65 Å². The SMILES string of the molecule is CN(C)CCN1CCN(c2ccc3nc(-c4ccc(C5(C)CC5)cc4)c(-c4ccccc4)nc3n2)CC1. The van der Waals surface area contributed by atoms with Gasteiger partial charge in [-0.1, -0.05) is 61.5 Å². The van der Waals surface area contributed by atoms with Crippen molar-refractivity contribution >= 4 is 17.0 Å². The third-order valence-electron chi connectivity index (χ3n) is 7.98. The molecule has 0 spiro atoms. The van der Waals surface area contributed by atoms with Crippen LogP contribution in [0.25, 0.3) is 33.7 Å². The van der Waals surface area contributed by atoms with Crippen LogP contribution in [0.15, 0.2) is 66.7 Å². The van der Waals surface area contributed by atoms with Gasteiger partial charge in [-0.3, -0.25) is 4.90 Å². The van der Waals surface area contributed by atoms with E-state index in [4.69, 9.17) is 15.0 Å². The number of likely N-dealkylation sites (N-methyl/N-ethyl adjacent to an activating group) is 1. The van der Waals surface area contributed by atoms with Crippen LogP contribution in [-0.2, 0) is 5.41 Å². The van der Waals surface area contributed by atoms with Crippen molar-refractivity contribution < 1.29 is 0 Å². The summed E-state index contributed by atoms with van der Waals surface area (Å²) in [5.41, 5.74) is 7.27. The zero-order valence-corrected chi connectivity index (χ0v) is 22.2. The lowest BCUT2D eigenvalue weighted by Crippen LogP contribution is -2.48. The summed E-state index contributed by atoms with van der Waals surface area (Å²) in [6.45, 7) is 8.63. The molecule has 0 N–H and O–H groups in total. The molecule has 0 bridgehead atoms. The van der Waals surface area contributed by atoms with Crippen LogP contribution in [-0.4, -0.2) is 78.1 Å². The molecule has 6 heteroatoms. The molecule has 0 amide bonds. The Kier molecular flexibility index (Phi) is 6.39. The highest BCUT2D eigenvalue weighted by Gasteiger charge is 2.38. The highest BCUT2D eigenvalue weighted by atomic mass is 15.3. The van der Waals surface area contributed by atoms with E-state index in [1.807, 2.05) is 6.07 Å². The third-order valence-corrected chi connectivity index (χ3v) is 7.98. The number of fused-ring (bicyclic) bond motifs is 1. The third kappa shape index (κ3) is 5.09. The van der Waals surface area contributed by atoms with Crippen LogP contribution in [0.3, 0.4) is 0 Å². The number of hydrogen-bond donors (Lipinski definition) is 0. The summed E-state index contributed by atoms with van der Waals surface area (Å²) in [5, 5.41) is 0. The monoisotopic (exact) mass is 492 g/mol. The average Bonchev–Trinajstić information content (AvgIpc) is 3.70. The maximum atomic E-state index is 5.11. The standard InChI is InChI=1S/C31H36N6/c1-31(15-16-31)25-11-9-24(10-12-25)28-29(23-7-5-4-6-8-23)34-30-26(32-28)13-14-27(33-30)37-21-19-36(20-22-37)18-17-35(2)3/h4-14H,15-22H2,1-3H3. The summed E-state index contributed by atoms with van der Waals surface area (Å²) in [6.07, 6.45) is 2.55. The fraction of sp³-hybridized carbons (Fsp3) is 0.387. The van der Waals surface area contributed by atoms with Crippen LogP contribution in [0.2, 0.25) is 0 Å². The number of benzene rings is 2. The molecule has 1 aliphatic carbocycles. The molecule has 3 heterocycles. The van der Waals surface area contributed by atoms with Gasteiger partial charge in [0, 0.05) is 50.4 Å². The van der Waals surface area contributed by atoms with Crippen molar-refractivity contribution in [1.29, 1.82) is 0 Å². The van der Waals surface area contributed by atoms with Gasteiger partial charge in [-0.15, -0.1) is 0 Å². The quantitative estimate of drug-likeness (QED) is 0.358. The number of rotatable bonds is 7. The van der Waals surface area contributed by atoms with Crippen molar-refractivity contribution in [2.75, 3.05) is 58.3 Å². The highest BCUT2D eigenvalue weighted by Crippen LogP contribution is 2.47. The molecule has 1 saturated heterocycles. The summed E-state index contributed by atoms with van der Waals surface area (Å²) in [5.74, 6) is 0.989. The van der Waals surface area contributed by atoms with Crippen LogP contribution in [0, 0.1) is 0 Å². The number of nitrogens with zero attached hydrogens (tertiary/aromatic N) is 6. The normalized spacial score (nSPS) is 17.5. The molecule has 2 aromatic carbocycles. The first-order valence-electron chi connectivity index (χ1n) is 13.5. The van der Waals surface area contributed by atoms with E-state index in [0.29, 0.717) is 11.1 Å². The Labute approximate surface area is 220 Å². The fourth-order valence-electron chi connectivity index (χ4n) is 5.16. The molecule has 2 aromatic heterocycles. The topological polar surface area (TPSA) is 48.4 Å². The maximum absolute atomic E-state index is 5.11. The Balaban J connectivity index is 1.32. The molecular weight excluding hydrogens is 456 g/mol. The lowest BCUT2D eigenvalue weighted by Gasteiger charge is -2.35. The molecule has 0 radical (unpaired) electrons. The molecule has 37 heavy (non-hydrogen) atoms. The van der Waals surface area contributed by atoms with Crippen molar-refractivity contribution in [3.8, 4) is 22.5 Å². The second kappa shape index (κ2) is 9.84. The van der Waals surface area contributed by atoms with Crippen LogP contribution < -0.4 is 4.90 Å². The van der Waals surface area contributed by atoms with Crippen LogP contribution in [0.5, 0.6) is 0 Å². The summed E-state index contributed by atoms with van der Waals surface area (Å²) in [7, 11) is 4.27. The van der Waals surface area contributed by atoms with Crippen molar-refractivity contribution in [2.24, 2.45) is 0 Å². The van der Waals surface area contributed by atoms with Crippen LogP contribution in [0.1, 0.15) is 25.3 Å². The fourth-order valence-corrected chi connectivity index (χ4v) is 5.16. The predicted octanol–water partition coefficient (Wildman–Crippen LogP) is 5.09. The van der Waals surface area contributed by atoms with E-state index >= 15 is 0 Å². The summed E-state index contributed by atoms with van der Waals surface area (Å²) >= 11 is 0. The molecule has 0 atom stereocenters. The van der Waals surface area contributed by atoms with Crippen LogP contribution in [0.4, 0.5) is 5.82 Å². The number of piperazine rings is 1. The van der Waals surface area contributed by atoms with E-state index in [1.54, 1.807) is 0 Å². The van der Waals surface area contributed by atoms with E-state index in [1.165, 1.54) is 18.4 Å². The molecule has 2 fully saturated rings. The summed E-state index contributed by atoms with van der Waals surface area (Å²) < 4.78 is 0. The van der Waals surface area contributed by atoms with E-state index in [-0.39, 0.29) is 0 Å². The number of anilines is 1. The van der Waals surface area contributed by atoms with Crippen molar-refractivity contribution in [3.05, 3.63) is 72.3 Å². The van der Waals surface area contributed by atoms with Gasteiger partial charge in [-0.25, -0.2) is 15.0 Å². The Bertz CT molecular complexity index is 1370. The minimum Gasteiger partial charge on any atom is -0.354 e. The first-order valence-corrected chi connectivity index (χ1v) is 13.5. The summed E-state index contributed by atoms with van der Waals surface area (Å²) in [4.78, 5) is 22.4. The Morgan fingerprint density at radius 3 is 2.11 bits per heavy atom. The van der Waals surface area contributed by atoms with Gasteiger partial charge in [0.2, 0.25) is 0 Å². The molecule has 1 aliphatic heterocycles. The van der Waals surface area contributed by atoms with Gasteiger partial charge < -0.3 is 9.80 Å². The predicted molar refractivity (Wildman–Crippen MR) is 152 cm³/mol. The van der Waals surface area contributed by atoms with Gasteiger partial charge in [-0.2, -0.15) is 0 Å². The highest BCUT2D eigenvalue weighted by molar-refractivity contribution is 5.85. The Morgan fingerprint density at radius 1 is 0.757 bits per heavy atom. The molecule has 4 aromatic rings. The number of hydrogen-bond acceptors (Lipinski definition) is 6. The van der Waals surface area contributed by atoms with Crippen molar-refractivity contribution in [2.45, 2.75) is 25.2 Å². The Morgan fingerprint density at radius 2 is 1.43 bits per heavy atom. The Hall–Kier alpha value is -3.35. The minimum absolute atomic E-state index is 0.355. The largest absolute Gasteiger partial charge is 0.354 e. The lowest BCUT2D eigenvalue weighted by atomic mass is 9.95. The van der Waals surface area contributed by atoms with Gasteiger partial charge in [0.25, 0.3) is 0 Å². The molecule has 6 rings (SSSR count). The maximum Gasteiger partial charge on any atom is 0.180 e. The summed E-state index contributed by atoms with van der Waals surface area (Å²) in [6, 6.07) is 23.5. The van der Waals surface area contributed by atoms with Crippen molar-refractivity contribution in [3.63, 3.8) is 0 Å². The first kappa shape index (κ1) is 24.0. The molecular formula is C31H36N6. The zero-order chi connectivity index (χ0) is 25.4. The smallest absolute Gasteiger partial charge is 0.180 e. The van der Waals surface area contributed by atoms with Gasteiger partial charge in [0.1, 0.15) is 11.3 Å². The zero-order valence-electron chi connectivity index (χ0n) is 22.2. The van der Waals surface area contributed by atoms with Crippen LogP contribution >= 0.6 is 0 Å². The van der Waals surface area contributed by atoms with E-state index in [0.717, 1.165) is 73.1 Å².